The lowest BCUT2D eigenvalue weighted by molar-refractivity contribution is -0.118. The second-order valence-electron chi connectivity index (χ2n) is 3.01. The van der Waals surface area contributed by atoms with Gasteiger partial charge in [-0.2, -0.15) is 0 Å². The van der Waals surface area contributed by atoms with Gasteiger partial charge in [0.05, 0.1) is 0 Å². The molecule has 0 spiro atoms. The molecule has 0 aliphatic carbocycles. The van der Waals surface area contributed by atoms with Gasteiger partial charge in [0.2, 0.25) is 6.41 Å². The molecule has 1 amide bonds. The van der Waals surface area contributed by atoms with E-state index in [9.17, 15) is 4.79 Å². The summed E-state index contributed by atoms with van der Waals surface area (Å²) in [5, 5.41) is 8.58. The number of rotatable bonds is 4. The van der Waals surface area contributed by atoms with Crippen molar-refractivity contribution in [1.82, 2.24) is 4.90 Å². The molecule has 1 fully saturated rings. The molecular formula is C8H15NO2. The average Bonchev–Trinajstić information content (AvgIpc) is 2.47. The summed E-state index contributed by atoms with van der Waals surface area (Å²) >= 11 is 0. The maximum atomic E-state index is 10.4. The molecule has 0 aromatic heterocycles. The topological polar surface area (TPSA) is 40.5 Å². The molecular weight excluding hydrogens is 142 g/mol. The summed E-state index contributed by atoms with van der Waals surface area (Å²) in [6.07, 6.45) is 4.92. The number of hydrogen-bond donors (Lipinski definition) is 1. The summed E-state index contributed by atoms with van der Waals surface area (Å²) < 4.78 is 0. The van der Waals surface area contributed by atoms with Crippen LogP contribution in [0.3, 0.4) is 0 Å². The van der Waals surface area contributed by atoms with Crippen LogP contribution in [0.15, 0.2) is 0 Å². The lowest BCUT2D eigenvalue weighted by atomic mass is 10.1. The summed E-state index contributed by atoms with van der Waals surface area (Å²) in [7, 11) is 0. The van der Waals surface area contributed by atoms with Gasteiger partial charge in [0.15, 0.2) is 0 Å². The minimum absolute atomic E-state index is 0.239. The van der Waals surface area contributed by atoms with Crippen LogP contribution in [0, 0.1) is 0 Å². The molecule has 0 radical (unpaired) electrons. The Kier molecular flexibility index (Phi) is 3.36. The minimum atomic E-state index is 0.239. The largest absolute Gasteiger partial charge is 0.396 e. The van der Waals surface area contributed by atoms with E-state index in [0.29, 0.717) is 6.04 Å². The van der Waals surface area contributed by atoms with E-state index >= 15 is 0 Å². The number of carbonyl (C=O) groups is 1. The zero-order chi connectivity index (χ0) is 8.10. The first kappa shape index (κ1) is 8.53. The number of hydrogen-bond acceptors (Lipinski definition) is 2. The Morgan fingerprint density at radius 3 is 3.09 bits per heavy atom. The average molecular weight is 157 g/mol. The Balaban J connectivity index is 2.25. The predicted octanol–water partition coefficient (Wildman–Crippen LogP) is 0.380. The molecule has 1 atom stereocenters. The molecule has 11 heavy (non-hydrogen) atoms. The van der Waals surface area contributed by atoms with Crippen molar-refractivity contribution in [2.75, 3.05) is 13.2 Å². The summed E-state index contributed by atoms with van der Waals surface area (Å²) in [5.74, 6) is 0. The first-order valence-electron chi connectivity index (χ1n) is 4.20. The van der Waals surface area contributed by atoms with Crippen molar-refractivity contribution in [3.8, 4) is 0 Å². The Morgan fingerprint density at radius 1 is 1.64 bits per heavy atom. The quantitative estimate of drug-likeness (QED) is 0.599. The van der Waals surface area contributed by atoms with Gasteiger partial charge in [0.25, 0.3) is 0 Å². The molecule has 0 aromatic carbocycles. The Hall–Kier alpha value is -0.570. The zero-order valence-corrected chi connectivity index (χ0v) is 6.70. The van der Waals surface area contributed by atoms with Gasteiger partial charge in [-0.1, -0.05) is 0 Å². The van der Waals surface area contributed by atoms with E-state index in [0.717, 1.165) is 38.6 Å². The van der Waals surface area contributed by atoms with Gasteiger partial charge in [-0.15, -0.1) is 0 Å². The summed E-state index contributed by atoms with van der Waals surface area (Å²) in [6.45, 7) is 1.14. The first-order valence-corrected chi connectivity index (χ1v) is 4.20. The maximum Gasteiger partial charge on any atom is 0.209 e. The van der Waals surface area contributed by atoms with Gasteiger partial charge in [-0.05, 0) is 25.7 Å². The van der Waals surface area contributed by atoms with E-state index in [1.165, 1.54) is 0 Å². The molecule has 1 aliphatic rings. The second kappa shape index (κ2) is 4.34. The number of likely N-dealkylation sites (tertiary alicyclic amines) is 1. The summed E-state index contributed by atoms with van der Waals surface area (Å²) in [4.78, 5) is 12.3. The molecule has 1 saturated heterocycles. The number of nitrogens with zero attached hydrogens (tertiary/aromatic N) is 1. The molecule has 1 rings (SSSR count). The van der Waals surface area contributed by atoms with E-state index in [1.54, 1.807) is 0 Å². The highest BCUT2D eigenvalue weighted by Crippen LogP contribution is 2.18. The third-order valence-corrected chi connectivity index (χ3v) is 2.25. The van der Waals surface area contributed by atoms with Crippen LogP contribution in [0.4, 0.5) is 0 Å². The third kappa shape index (κ3) is 2.19. The van der Waals surface area contributed by atoms with Crippen molar-refractivity contribution in [2.45, 2.75) is 31.7 Å². The molecule has 0 bridgehead atoms. The van der Waals surface area contributed by atoms with Crippen LogP contribution in [0.25, 0.3) is 0 Å². The Bertz CT molecular complexity index is 127. The molecule has 1 unspecified atom stereocenters. The molecule has 1 heterocycles. The smallest absolute Gasteiger partial charge is 0.209 e. The summed E-state index contributed by atoms with van der Waals surface area (Å²) in [5.41, 5.74) is 0. The van der Waals surface area contributed by atoms with Crippen LogP contribution in [0.1, 0.15) is 25.7 Å². The van der Waals surface area contributed by atoms with E-state index < -0.39 is 0 Å². The fraction of sp³-hybridized carbons (Fsp3) is 0.875. The maximum absolute atomic E-state index is 10.4. The monoisotopic (exact) mass is 157 g/mol. The standard InChI is InChI=1S/C8H15NO2/c10-6-2-4-8-3-1-5-9(8)7-11/h7-8,10H,1-6H2. The molecule has 0 saturated carbocycles. The van der Waals surface area contributed by atoms with E-state index in [2.05, 4.69) is 0 Å². The SMILES string of the molecule is O=CN1CCCC1CCCO. The van der Waals surface area contributed by atoms with Crippen molar-refractivity contribution in [2.24, 2.45) is 0 Å². The highest BCUT2D eigenvalue weighted by Gasteiger charge is 2.21. The fourth-order valence-corrected chi connectivity index (χ4v) is 1.63. The van der Waals surface area contributed by atoms with Crippen LogP contribution in [-0.4, -0.2) is 35.6 Å². The van der Waals surface area contributed by atoms with E-state index in [-0.39, 0.29) is 6.61 Å². The first-order chi connectivity index (χ1) is 5.38. The van der Waals surface area contributed by atoms with Gasteiger partial charge >= 0.3 is 0 Å². The number of aliphatic hydroxyl groups excluding tert-OH is 1. The normalized spacial score (nSPS) is 24.1. The number of amides is 1. The highest BCUT2D eigenvalue weighted by atomic mass is 16.2. The molecule has 0 aromatic rings. The lowest BCUT2D eigenvalue weighted by Crippen LogP contribution is -2.27. The molecule has 1 aliphatic heterocycles. The van der Waals surface area contributed by atoms with E-state index in [1.807, 2.05) is 4.90 Å². The van der Waals surface area contributed by atoms with Gasteiger partial charge in [-0.3, -0.25) is 4.79 Å². The molecule has 3 heteroatoms. The van der Waals surface area contributed by atoms with Crippen LogP contribution in [0.5, 0.6) is 0 Å². The molecule has 3 nitrogen and oxygen atoms in total. The van der Waals surface area contributed by atoms with Crippen molar-refractivity contribution >= 4 is 6.41 Å². The van der Waals surface area contributed by atoms with Gasteiger partial charge < -0.3 is 10.0 Å². The van der Waals surface area contributed by atoms with Gasteiger partial charge in [0.1, 0.15) is 0 Å². The highest BCUT2D eigenvalue weighted by molar-refractivity contribution is 5.48. The van der Waals surface area contributed by atoms with Crippen molar-refractivity contribution in [3.63, 3.8) is 0 Å². The van der Waals surface area contributed by atoms with Crippen LogP contribution < -0.4 is 0 Å². The van der Waals surface area contributed by atoms with Crippen LogP contribution >= 0.6 is 0 Å². The van der Waals surface area contributed by atoms with Crippen molar-refractivity contribution in [1.29, 1.82) is 0 Å². The summed E-state index contributed by atoms with van der Waals surface area (Å²) in [6, 6.07) is 0.402. The second-order valence-corrected chi connectivity index (χ2v) is 3.01. The lowest BCUT2D eigenvalue weighted by Gasteiger charge is -2.18. The van der Waals surface area contributed by atoms with Gasteiger partial charge in [-0.25, -0.2) is 0 Å². The fourth-order valence-electron chi connectivity index (χ4n) is 1.63. The third-order valence-electron chi connectivity index (χ3n) is 2.25. The Morgan fingerprint density at radius 2 is 2.45 bits per heavy atom. The van der Waals surface area contributed by atoms with Crippen molar-refractivity contribution in [3.05, 3.63) is 0 Å². The van der Waals surface area contributed by atoms with Gasteiger partial charge in [0, 0.05) is 19.2 Å². The molecule has 64 valence electrons. The van der Waals surface area contributed by atoms with Crippen molar-refractivity contribution < 1.29 is 9.90 Å². The number of aliphatic hydroxyl groups is 1. The van der Waals surface area contributed by atoms with Crippen LogP contribution in [0.2, 0.25) is 0 Å². The predicted molar refractivity (Wildman–Crippen MR) is 42.1 cm³/mol. The van der Waals surface area contributed by atoms with Crippen LogP contribution in [-0.2, 0) is 4.79 Å². The minimum Gasteiger partial charge on any atom is -0.396 e. The number of carbonyl (C=O) groups excluding carboxylic acids is 1. The molecule has 1 N–H and O–H groups in total. The zero-order valence-electron chi connectivity index (χ0n) is 6.70. The van der Waals surface area contributed by atoms with E-state index in [4.69, 9.17) is 5.11 Å². The Labute approximate surface area is 67.0 Å².